The molecule has 18 heteroatoms. The highest BCUT2D eigenvalue weighted by atomic mass is 32.2. The van der Waals surface area contributed by atoms with E-state index in [9.17, 15) is 27.6 Å². The average Bonchev–Trinajstić information content (AvgIpc) is 3.96. The third-order valence-electron chi connectivity index (χ3n) is 11.6. The number of allylic oxidation sites excluding steroid dienone is 1. The van der Waals surface area contributed by atoms with E-state index in [1.165, 1.54) is 24.0 Å². The van der Waals surface area contributed by atoms with Crippen molar-refractivity contribution in [1.82, 2.24) is 30.2 Å². The number of nitrogens with zero attached hydrogens (tertiary/aromatic N) is 3. The van der Waals surface area contributed by atoms with Gasteiger partial charge in [-0.3, -0.25) is 19.1 Å². The van der Waals surface area contributed by atoms with E-state index in [0.717, 1.165) is 6.08 Å². The predicted octanol–water partition coefficient (Wildman–Crippen LogP) is 3.78. The molecule has 7 atom stereocenters. The monoisotopic (exact) mass is 814 g/mol. The standard InChI is InChI=1S/C39H48F2N6O9S/c1-6-22-20-38(22,34(50)46-57(52,53)37(5)16-17-37)45-31(48)26-19-23-21-47(26)33(49)30(36(2,3)4)44-35(51)56-28-14-9-13-27(28)54-18-10-15-39(40,41)29-32(55-23)43-25-12-8-7-11-24(25)42-29/h6-8,10-12,15,22-23,26-28,30H,1,9,13-14,16-21H2,2-5H3,(H,44,51)(H,45,48)(H,46,50)/b15-10+/t22-,23-,26+,27-,28-,30-,38-/m1/s1. The fraction of sp³-hybridized carbons (Fsp3) is 0.590. The van der Waals surface area contributed by atoms with Gasteiger partial charge in [0.2, 0.25) is 27.7 Å². The first kappa shape index (κ1) is 40.5. The summed E-state index contributed by atoms with van der Waals surface area (Å²) in [6.45, 7) is 9.88. The molecule has 1 saturated heterocycles. The predicted molar refractivity (Wildman–Crippen MR) is 201 cm³/mol. The summed E-state index contributed by atoms with van der Waals surface area (Å²) < 4.78 is 77.0. The van der Waals surface area contributed by atoms with Crippen LogP contribution in [0, 0.1) is 11.3 Å². The largest absolute Gasteiger partial charge is 0.471 e. The summed E-state index contributed by atoms with van der Waals surface area (Å²) in [6.07, 6.45) is 2.08. The molecule has 3 heterocycles. The molecule has 3 saturated carbocycles. The van der Waals surface area contributed by atoms with Crippen molar-refractivity contribution in [3.05, 3.63) is 54.8 Å². The van der Waals surface area contributed by atoms with E-state index in [2.05, 4.69) is 31.9 Å². The molecule has 2 aliphatic heterocycles. The van der Waals surface area contributed by atoms with E-state index in [4.69, 9.17) is 14.2 Å². The van der Waals surface area contributed by atoms with Crippen LogP contribution in [0.2, 0.25) is 0 Å². The number of nitrogens with one attached hydrogen (secondary N) is 3. The number of hydrogen-bond acceptors (Lipinski definition) is 11. The molecule has 57 heavy (non-hydrogen) atoms. The van der Waals surface area contributed by atoms with Crippen LogP contribution < -0.4 is 20.1 Å². The highest BCUT2D eigenvalue weighted by molar-refractivity contribution is 7.91. The van der Waals surface area contributed by atoms with Gasteiger partial charge in [0.15, 0.2) is 5.69 Å². The van der Waals surface area contributed by atoms with Crippen molar-refractivity contribution in [3.8, 4) is 5.88 Å². The highest BCUT2D eigenvalue weighted by Gasteiger charge is 2.63. The maximum absolute atomic E-state index is 16.1. The number of aromatic nitrogens is 2. The molecule has 2 aromatic rings. The number of ether oxygens (including phenoxy) is 3. The fourth-order valence-electron chi connectivity index (χ4n) is 7.71. The number of carbonyl (C=O) groups is 4. The summed E-state index contributed by atoms with van der Waals surface area (Å²) in [7, 11) is -4.08. The van der Waals surface area contributed by atoms with Gasteiger partial charge in [0, 0.05) is 12.3 Å². The zero-order valence-electron chi connectivity index (χ0n) is 32.3. The van der Waals surface area contributed by atoms with Gasteiger partial charge >= 0.3 is 12.0 Å². The van der Waals surface area contributed by atoms with Gasteiger partial charge in [0.05, 0.1) is 35.0 Å². The molecule has 0 spiro atoms. The number of para-hydroxylation sites is 2. The molecule has 2 bridgehead atoms. The quantitative estimate of drug-likeness (QED) is 0.360. The minimum atomic E-state index is -4.08. The van der Waals surface area contributed by atoms with Crippen LogP contribution in [-0.2, 0) is 39.8 Å². The summed E-state index contributed by atoms with van der Waals surface area (Å²) in [4.78, 5) is 65.9. The van der Waals surface area contributed by atoms with Gasteiger partial charge in [-0.15, -0.1) is 6.58 Å². The Morgan fingerprint density at radius 3 is 2.40 bits per heavy atom. The Morgan fingerprint density at radius 2 is 1.75 bits per heavy atom. The molecule has 308 valence electrons. The van der Waals surface area contributed by atoms with Crippen LogP contribution in [0.25, 0.3) is 11.0 Å². The molecule has 1 aromatic heterocycles. The van der Waals surface area contributed by atoms with Crippen molar-refractivity contribution in [3.63, 3.8) is 0 Å². The lowest BCUT2D eigenvalue weighted by atomic mass is 9.85. The SMILES string of the molecule is C=C[C@@H]1C[C@]1(NC(=O)[C@@H]1C[C@@H]2CN1C(=O)[C@H](C(C)(C)C)NC(=O)O[C@@H]1CCC[C@H]1OC/C=C/C(F)(F)c1nc3ccccc3nc1O2)C(=O)NS(=O)(=O)C1(C)CC1. The average molecular weight is 815 g/mol. The summed E-state index contributed by atoms with van der Waals surface area (Å²) in [5.41, 5.74) is -2.97. The van der Waals surface area contributed by atoms with E-state index < -0.39 is 103 Å². The van der Waals surface area contributed by atoms with Crippen molar-refractivity contribution in [2.24, 2.45) is 11.3 Å². The number of carbonyl (C=O) groups excluding carboxylic acids is 4. The van der Waals surface area contributed by atoms with Gasteiger partial charge in [-0.25, -0.2) is 23.2 Å². The first-order valence-corrected chi connectivity index (χ1v) is 20.7. The van der Waals surface area contributed by atoms with E-state index in [-0.39, 0.29) is 37.0 Å². The molecule has 3 N–H and O–H groups in total. The minimum Gasteiger partial charge on any atom is -0.471 e. The van der Waals surface area contributed by atoms with E-state index in [1.54, 1.807) is 39.0 Å². The first-order chi connectivity index (χ1) is 26.8. The van der Waals surface area contributed by atoms with Crippen molar-refractivity contribution in [1.29, 1.82) is 0 Å². The third kappa shape index (κ3) is 7.94. The van der Waals surface area contributed by atoms with Crippen molar-refractivity contribution < 1.29 is 50.6 Å². The Hall–Kier alpha value is -4.71. The Kier molecular flexibility index (Phi) is 10.4. The normalized spacial score (nSPS) is 31.6. The lowest BCUT2D eigenvalue weighted by Crippen LogP contribution is -2.60. The number of sulfonamides is 1. The molecule has 3 aliphatic carbocycles. The van der Waals surface area contributed by atoms with E-state index in [0.29, 0.717) is 38.2 Å². The maximum Gasteiger partial charge on any atom is 0.408 e. The summed E-state index contributed by atoms with van der Waals surface area (Å²) in [6, 6.07) is 3.78. The number of fused-ring (bicyclic) bond motifs is 5. The van der Waals surface area contributed by atoms with Gasteiger partial charge < -0.3 is 29.7 Å². The summed E-state index contributed by atoms with van der Waals surface area (Å²) in [5, 5.41) is 5.40. The number of hydrogen-bond donors (Lipinski definition) is 3. The van der Waals surface area contributed by atoms with Crippen molar-refractivity contribution in [2.75, 3.05) is 13.2 Å². The molecule has 0 unspecified atom stereocenters. The minimum absolute atomic E-state index is 0.0451. The summed E-state index contributed by atoms with van der Waals surface area (Å²) in [5.74, 6) is -7.32. The molecule has 4 amide bonds. The summed E-state index contributed by atoms with van der Waals surface area (Å²) >= 11 is 0. The Labute approximate surface area is 329 Å². The van der Waals surface area contributed by atoms with Gasteiger partial charge in [-0.05, 0) is 69.1 Å². The zero-order chi connectivity index (χ0) is 41.1. The molecular formula is C39H48F2N6O9S. The number of alkyl carbamates (subject to hydrolysis) is 1. The number of benzene rings is 1. The van der Waals surface area contributed by atoms with E-state index in [1.807, 2.05) is 0 Å². The Morgan fingerprint density at radius 1 is 1.07 bits per heavy atom. The highest BCUT2D eigenvalue weighted by Crippen LogP contribution is 2.47. The number of amides is 4. The topological polar surface area (TPSA) is 195 Å². The smallest absolute Gasteiger partial charge is 0.408 e. The van der Waals surface area contributed by atoms with Crippen LogP contribution in [0.4, 0.5) is 13.6 Å². The molecular weight excluding hydrogens is 767 g/mol. The van der Waals surface area contributed by atoms with Gasteiger partial charge in [0.25, 0.3) is 5.91 Å². The second-order valence-electron chi connectivity index (χ2n) is 17.0. The second kappa shape index (κ2) is 14.6. The Bertz CT molecular complexity index is 2120. The van der Waals surface area contributed by atoms with E-state index >= 15 is 8.78 Å². The molecule has 15 nitrogen and oxygen atoms in total. The molecule has 5 aliphatic rings. The van der Waals surface area contributed by atoms with Crippen molar-refractivity contribution in [2.45, 2.75) is 119 Å². The van der Waals surface area contributed by atoms with Gasteiger partial charge in [-0.1, -0.05) is 45.1 Å². The Balaban J connectivity index is 1.26. The van der Waals surface area contributed by atoms with Crippen LogP contribution in [0.5, 0.6) is 5.88 Å². The van der Waals surface area contributed by atoms with Crippen molar-refractivity contribution >= 4 is 44.9 Å². The second-order valence-corrected chi connectivity index (χ2v) is 19.2. The van der Waals surface area contributed by atoms with Crippen LogP contribution >= 0.6 is 0 Å². The van der Waals surface area contributed by atoms with Gasteiger partial charge in [0.1, 0.15) is 29.8 Å². The van der Waals surface area contributed by atoms with Crippen LogP contribution in [0.1, 0.15) is 78.3 Å². The third-order valence-corrected chi connectivity index (χ3v) is 13.8. The van der Waals surface area contributed by atoms with Crippen LogP contribution in [0.3, 0.4) is 0 Å². The number of rotatable bonds is 6. The fourth-order valence-corrected chi connectivity index (χ4v) is 9.02. The molecule has 0 radical (unpaired) electrons. The molecule has 4 fully saturated rings. The zero-order valence-corrected chi connectivity index (χ0v) is 33.1. The molecule has 7 rings (SSSR count). The molecule has 1 aromatic carbocycles. The number of alkyl halides is 2. The van der Waals surface area contributed by atoms with Crippen LogP contribution in [-0.4, -0.2) is 101 Å². The van der Waals surface area contributed by atoms with Gasteiger partial charge in [-0.2, -0.15) is 8.78 Å². The lowest BCUT2D eigenvalue weighted by Gasteiger charge is -2.35. The lowest BCUT2D eigenvalue weighted by molar-refractivity contribution is -0.143. The first-order valence-electron chi connectivity index (χ1n) is 19.2. The van der Waals surface area contributed by atoms with Crippen LogP contribution in [0.15, 0.2) is 49.1 Å². The maximum atomic E-state index is 16.1. The number of halogens is 2.